The van der Waals surface area contributed by atoms with Crippen LogP contribution in [0, 0.1) is 0 Å². The van der Waals surface area contributed by atoms with Gasteiger partial charge in [0.1, 0.15) is 16.7 Å². The summed E-state index contributed by atoms with van der Waals surface area (Å²) in [7, 11) is 1.59. The third kappa shape index (κ3) is 5.36. The first-order valence-electron chi connectivity index (χ1n) is 8.39. The fraction of sp³-hybridized carbons (Fsp3) is 0.200. The van der Waals surface area contributed by atoms with Crippen molar-refractivity contribution in [3.05, 3.63) is 68.0 Å². The molecule has 1 amide bonds. The minimum absolute atomic E-state index is 0.112. The van der Waals surface area contributed by atoms with Crippen molar-refractivity contribution in [2.45, 2.75) is 6.61 Å². The van der Waals surface area contributed by atoms with E-state index in [0.29, 0.717) is 39.8 Å². The van der Waals surface area contributed by atoms with Crippen LogP contribution in [0.15, 0.2) is 51.8 Å². The molecule has 8 heteroatoms. The third-order valence-electron chi connectivity index (χ3n) is 3.95. The second kappa shape index (κ2) is 9.89. The maximum absolute atomic E-state index is 12.5. The lowest BCUT2D eigenvalue weighted by atomic mass is 10.2. The number of thiocarbonyl (C=S) groups is 1. The van der Waals surface area contributed by atoms with Crippen LogP contribution in [0.3, 0.4) is 0 Å². The topological polar surface area (TPSA) is 38.8 Å². The number of thioether (sulfide) groups is 1. The zero-order valence-electron chi connectivity index (χ0n) is 15.0. The molecular formula is C20H17BrClNO3S2. The largest absolute Gasteiger partial charge is 0.487 e. The Balaban J connectivity index is 1.68. The molecule has 0 aliphatic carbocycles. The first-order valence-corrected chi connectivity index (χ1v) is 10.8. The van der Waals surface area contributed by atoms with Gasteiger partial charge in [-0.25, -0.2) is 0 Å². The fourth-order valence-electron chi connectivity index (χ4n) is 2.49. The van der Waals surface area contributed by atoms with Gasteiger partial charge in [-0.05, 0) is 41.5 Å². The van der Waals surface area contributed by atoms with Crippen molar-refractivity contribution in [3.63, 3.8) is 0 Å². The van der Waals surface area contributed by atoms with Gasteiger partial charge in [0.05, 0.1) is 23.1 Å². The van der Waals surface area contributed by atoms with Gasteiger partial charge in [0.15, 0.2) is 0 Å². The zero-order chi connectivity index (χ0) is 20.1. The van der Waals surface area contributed by atoms with Crippen molar-refractivity contribution in [1.29, 1.82) is 0 Å². The van der Waals surface area contributed by atoms with Crippen LogP contribution in [-0.2, 0) is 16.1 Å². The molecule has 0 N–H and O–H groups in total. The average Bonchev–Trinajstić information content (AvgIpc) is 2.94. The molecule has 0 unspecified atom stereocenters. The van der Waals surface area contributed by atoms with Gasteiger partial charge >= 0.3 is 0 Å². The molecule has 146 valence electrons. The highest BCUT2D eigenvalue weighted by Gasteiger charge is 2.31. The molecule has 1 aliphatic heterocycles. The SMILES string of the molecule is COCCN1C(=O)/C(=C/c2ccc(OCc3ccc(Br)cc3)c(Cl)c2)SC1=S. The van der Waals surface area contributed by atoms with E-state index in [1.807, 2.05) is 30.3 Å². The number of hydrogen-bond donors (Lipinski definition) is 0. The number of methoxy groups -OCH3 is 1. The van der Waals surface area contributed by atoms with E-state index in [1.165, 1.54) is 11.8 Å². The number of nitrogens with zero attached hydrogens (tertiary/aromatic N) is 1. The second-order valence-corrected chi connectivity index (χ2v) is 8.93. The van der Waals surface area contributed by atoms with Gasteiger partial charge in [-0.1, -0.05) is 69.7 Å². The second-order valence-electron chi connectivity index (χ2n) is 5.93. The van der Waals surface area contributed by atoms with Crippen LogP contribution in [0.2, 0.25) is 5.02 Å². The van der Waals surface area contributed by atoms with E-state index in [0.717, 1.165) is 15.6 Å². The third-order valence-corrected chi connectivity index (χ3v) is 6.16. The van der Waals surface area contributed by atoms with Crippen LogP contribution in [0.5, 0.6) is 5.75 Å². The number of benzene rings is 2. The van der Waals surface area contributed by atoms with E-state index in [4.69, 9.17) is 33.3 Å². The molecule has 0 radical (unpaired) electrons. The van der Waals surface area contributed by atoms with Crippen molar-refractivity contribution < 1.29 is 14.3 Å². The van der Waals surface area contributed by atoms with Gasteiger partial charge in [0.25, 0.3) is 5.91 Å². The molecule has 0 bridgehead atoms. The summed E-state index contributed by atoms with van der Waals surface area (Å²) in [6.07, 6.45) is 1.79. The van der Waals surface area contributed by atoms with E-state index in [1.54, 1.807) is 30.2 Å². The lowest BCUT2D eigenvalue weighted by Gasteiger charge is -2.13. The highest BCUT2D eigenvalue weighted by atomic mass is 79.9. The summed E-state index contributed by atoms with van der Waals surface area (Å²) in [6.45, 7) is 1.31. The fourth-order valence-corrected chi connectivity index (χ4v) is 4.31. The van der Waals surface area contributed by atoms with Crippen molar-refractivity contribution in [2.24, 2.45) is 0 Å². The Morgan fingerprint density at radius 3 is 2.68 bits per heavy atom. The number of rotatable bonds is 7. The Morgan fingerprint density at radius 2 is 2.00 bits per heavy atom. The van der Waals surface area contributed by atoms with Crippen LogP contribution in [-0.4, -0.2) is 35.4 Å². The van der Waals surface area contributed by atoms with Crippen LogP contribution in [0.4, 0.5) is 0 Å². The molecule has 1 saturated heterocycles. The summed E-state index contributed by atoms with van der Waals surface area (Å²) in [6, 6.07) is 13.3. The van der Waals surface area contributed by atoms with E-state index >= 15 is 0 Å². The quantitative estimate of drug-likeness (QED) is 0.371. The molecule has 2 aromatic carbocycles. The summed E-state index contributed by atoms with van der Waals surface area (Å²) in [5, 5.41) is 0.487. The summed E-state index contributed by atoms with van der Waals surface area (Å²) >= 11 is 16.3. The normalized spacial score (nSPS) is 15.5. The first-order chi connectivity index (χ1) is 13.5. The summed E-state index contributed by atoms with van der Waals surface area (Å²) in [5.41, 5.74) is 1.86. The number of ether oxygens (including phenoxy) is 2. The van der Waals surface area contributed by atoms with E-state index in [-0.39, 0.29) is 5.91 Å². The van der Waals surface area contributed by atoms with Gasteiger partial charge < -0.3 is 9.47 Å². The predicted octanol–water partition coefficient (Wildman–Crippen LogP) is 5.53. The number of amides is 1. The summed E-state index contributed by atoms with van der Waals surface area (Å²) < 4.78 is 12.4. The number of hydrogen-bond acceptors (Lipinski definition) is 5. The molecule has 1 fully saturated rings. The van der Waals surface area contributed by atoms with Crippen molar-refractivity contribution in [2.75, 3.05) is 20.3 Å². The molecule has 3 rings (SSSR count). The van der Waals surface area contributed by atoms with Crippen LogP contribution >= 0.6 is 51.5 Å². The Hall–Kier alpha value is -1.38. The van der Waals surface area contributed by atoms with Gasteiger partial charge in [0, 0.05) is 11.6 Å². The van der Waals surface area contributed by atoms with E-state index in [2.05, 4.69) is 15.9 Å². The predicted molar refractivity (Wildman–Crippen MR) is 122 cm³/mol. The molecule has 1 heterocycles. The van der Waals surface area contributed by atoms with Crippen molar-refractivity contribution in [3.8, 4) is 5.75 Å². The van der Waals surface area contributed by atoms with Crippen LogP contribution in [0.25, 0.3) is 6.08 Å². The molecule has 0 spiro atoms. The Bertz CT molecular complexity index is 918. The number of halogens is 2. The van der Waals surface area contributed by atoms with E-state index < -0.39 is 0 Å². The molecule has 1 aliphatic rings. The zero-order valence-corrected chi connectivity index (χ0v) is 19.0. The minimum Gasteiger partial charge on any atom is -0.487 e. The van der Waals surface area contributed by atoms with Gasteiger partial charge in [0.2, 0.25) is 0 Å². The van der Waals surface area contributed by atoms with Crippen LogP contribution < -0.4 is 4.74 Å². The van der Waals surface area contributed by atoms with Gasteiger partial charge in [-0.2, -0.15) is 0 Å². The molecule has 2 aromatic rings. The average molecular weight is 499 g/mol. The van der Waals surface area contributed by atoms with Gasteiger partial charge in [-0.15, -0.1) is 0 Å². The molecule has 0 saturated carbocycles. The molecule has 0 aromatic heterocycles. The molecule has 0 atom stereocenters. The maximum Gasteiger partial charge on any atom is 0.266 e. The maximum atomic E-state index is 12.5. The van der Waals surface area contributed by atoms with Crippen molar-refractivity contribution in [1.82, 2.24) is 4.90 Å². The Morgan fingerprint density at radius 1 is 1.25 bits per heavy atom. The lowest BCUT2D eigenvalue weighted by Crippen LogP contribution is -2.31. The molecule has 4 nitrogen and oxygen atoms in total. The Labute approximate surface area is 187 Å². The summed E-state index contributed by atoms with van der Waals surface area (Å²) in [4.78, 5) is 14.6. The standard InChI is InChI=1S/C20H17BrClNO3S2/c1-25-9-8-23-19(24)18(28-20(23)27)11-14-4-7-17(16(22)10-14)26-12-13-2-5-15(21)6-3-13/h2-7,10-11H,8-9,12H2,1H3/b18-11-. The number of carbonyl (C=O) groups is 1. The number of carbonyl (C=O) groups excluding carboxylic acids is 1. The lowest BCUT2D eigenvalue weighted by molar-refractivity contribution is -0.122. The molecule has 28 heavy (non-hydrogen) atoms. The summed E-state index contributed by atoms with van der Waals surface area (Å²) in [5.74, 6) is 0.480. The Kier molecular flexibility index (Phi) is 7.54. The highest BCUT2D eigenvalue weighted by molar-refractivity contribution is 9.10. The molecular weight excluding hydrogens is 482 g/mol. The van der Waals surface area contributed by atoms with Crippen LogP contribution in [0.1, 0.15) is 11.1 Å². The van der Waals surface area contributed by atoms with Crippen molar-refractivity contribution >= 4 is 67.8 Å². The van der Waals surface area contributed by atoms with E-state index in [9.17, 15) is 4.79 Å². The van der Waals surface area contributed by atoms with Gasteiger partial charge in [-0.3, -0.25) is 9.69 Å². The highest BCUT2D eigenvalue weighted by Crippen LogP contribution is 2.34. The smallest absolute Gasteiger partial charge is 0.266 e. The minimum atomic E-state index is -0.112. The first kappa shape index (κ1) is 21.3. The monoisotopic (exact) mass is 497 g/mol.